The van der Waals surface area contributed by atoms with Crippen LogP contribution in [0.15, 0.2) is 42.0 Å². The minimum absolute atomic E-state index is 0.0249. The number of phenolic OH excluding ortho intramolecular Hbond substituents is 1. The maximum Gasteiger partial charge on any atom is 0.433 e. The third-order valence-electron chi connectivity index (χ3n) is 9.26. The summed E-state index contributed by atoms with van der Waals surface area (Å²) in [6, 6.07) is 5.90. The number of carbonyl (C=O) groups is 4. The topological polar surface area (TPSA) is 120 Å². The van der Waals surface area contributed by atoms with Crippen molar-refractivity contribution in [1.29, 1.82) is 0 Å². The molecule has 244 valence electrons. The van der Waals surface area contributed by atoms with E-state index in [1.807, 2.05) is 0 Å². The van der Waals surface area contributed by atoms with E-state index in [1.165, 1.54) is 32.4 Å². The molecular weight excluding hydrogens is 744 g/mol. The second kappa shape index (κ2) is 11.0. The molecule has 2 saturated heterocycles. The van der Waals surface area contributed by atoms with Crippen LogP contribution < -0.4 is 9.75 Å². The summed E-state index contributed by atoms with van der Waals surface area (Å²) in [4.78, 5) is 55.8. The first-order valence-electron chi connectivity index (χ1n) is 13.7. The van der Waals surface area contributed by atoms with Gasteiger partial charge in [0.25, 0.3) is 23.6 Å². The first-order valence-corrected chi connectivity index (χ1v) is 16.0. The van der Waals surface area contributed by atoms with Crippen molar-refractivity contribution in [3.05, 3.63) is 58.3 Å². The quantitative estimate of drug-likeness (QED) is 0.190. The highest BCUT2D eigenvalue weighted by Gasteiger charge is 2.76. The van der Waals surface area contributed by atoms with E-state index in [1.54, 1.807) is 6.08 Å². The van der Waals surface area contributed by atoms with Crippen LogP contribution in [0, 0.1) is 17.8 Å². The molecular formula is C29H23BrCl3F3N4O6. The second-order valence-electron chi connectivity index (χ2n) is 11.4. The smallest absolute Gasteiger partial charge is 0.433 e. The number of fused-ring (bicyclic) bond motifs is 4. The summed E-state index contributed by atoms with van der Waals surface area (Å²) in [5, 5.41) is 12.4. The summed E-state index contributed by atoms with van der Waals surface area (Å²) >= 11 is 23.7. The van der Waals surface area contributed by atoms with Crippen molar-refractivity contribution in [1.82, 2.24) is 14.9 Å². The van der Waals surface area contributed by atoms with Gasteiger partial charge in [0, 0.05) is 18.5 Å². The number of nitrogens with zero attached hydrogens (tertiary/aromatic N) is 4. The second-order valence-corrected chi connectivity index (χ2v) is 13.6. The number of carbonyl (C=O) groups excluding carboxylic acids is 4. The van der Waals surface area contributed by atoms with Gasteiger partial charge in [-0.2, -0.15) is 18.2 Å². The molecule has 4 amide bonds. The highest BCUT2D eigenvalue weighted by atomic mass is 79.9. The molecule has 46 heavy (non-hydrogen) atoms. The SMILES string of the molecule is COc1ccc(O)c([C@H]2C3=CC[C@@H]4C(=O)N(N(C)c5nc(C(F)(F)F)ccc5Cl)C(=O)[C@@H]4[C@@H]3C[C@@]3(Cl)C(=O)N(CBr)C(=O)[C@@]23Cl)c1. The van der Waals surface area contributed by atoms with Gasteiger partial charge in [-0.15, -0.1) is 23.2 Å². The fraction of sp³-hybridized carbons (Fsp3) is 0.414. The van der Waals surface area contributed by atoms with E-state index in [0.717, 1.165) is 16.0 Å². The number of halogens is 7. The number of ether oxygens (including phenoxy) is 1. The van der Waals surface area contributed by atoms with Crippen molar-refractivity contribution in [2.75, 3.05) is 24.6 Å². The highest BCUT2D eigenvalue weighted by Crippen LogP contribution is 2.66. The molecule has 2 aromatic rings. The van der Waals surface area contributed by atoms with Gasteiger partial charge in [-0.3, -0.25) is 29.1 Å². The zero-order chi connectivity index (χ0) is 33.7. The summed E-state index contributed by atoms with van der Waals surface area (Å²) in [5.74, 6) is -8.02. The number of phenols is 1. The number of alkyl halides is 6. The van der Waals surface area contributed by atoms with Gasteiger partial charge >= 0.3 is 6.18 Å². The molecule has 6 atom stereocenters. The normalized spacial score (nSPS) is 30.7. The number of pyridine rings is 1. The lowest BCUT2D eigenvalue weighted by molar-refractivity contribution is -0.142. The first kappa shape index (κ1) is 32.9. The van der Waals surface area contributed by atoms with Gasteiger partial charge in [0.05, 0.1) is 29.4 Å². The number of aromatic hydroxyl groups is 1. The van der Waals surface area contributed by atoms with Gasteiger partial charge in [-0.05, 0) is 49.1 Å². The van der Waals surface area contributed by atoms with Gasteiger partial charge in [0.1, 0.15) is 17.2 Å². The van der Waals surface area contributed by atoms with Crippen LogP contribution in [0.25, 0.3) is 0 Å². The Morgan fingerprint density at radius 1 is 1.11 bits per heavy atom. The van der Waals surface area contributed by atoms with Crippen LogP contribution >= 0.6 is 50.7 Å². The average Bonchev–Trinajstić information content (AvgIpc) is 3.34. The fourth-order valence-corrected chi connectivity index (χ4v) is 8.82. The summed E-state index contributed by atoms with van der Waals surface area (Å²) in [6.07, 6.45) is -3.54. The summed E-state index contributed by atoms with van der Waals surface area (Å²) in [7, 11) is 2.58. The van der Waals surface area contributed by atoms with Crippen molar-refractivity contribution >= 4 is 80.2 Å². The number of aromatic nitrogens is 1. The van der Waals surface area contributed by atoms with Crippen LogP contribution in [0.4, 0.5) is 19.0 Å². The summed E-state index contributed by atoms with van der Waals surface area (Å²) in [6.45, 7) is 0. The molecule has 10 nitrogen and oxygen atoms in total. The lowest BCUT2D eigenvalue weighted by Gasteiger charge is -2.50. The van der Waals surface area contributed by atoms with E-state index in [9.17, 15) is 37.5 Å². The molecule has 1 saturated carbocycles. The molecule has 2 aliphatic carbocycles. The predicted molar refractivity (Wildman–Crippen MR) is 163 cm³/mol. The molecule has 3 heterocycles. The fourth-order valence-electron chi connectivity index (χ4n) is 7.18. The molecule has 0 bridgehead atoms. The summed E-state index contributed by atoms with van der Waals surface area (Å²) in [5.41, 5.74) is -1.01. The molecule has 0 unspecified atom stereocenters. The number of allylic oxidation sites excluding steroid dienone is 2. The molecule has 1 aromatic carbocycles. The molecule has 2 aliphatic heterocycles. The van der Waals surface area contributed by atoms with E-state index >= 15 is 0 Å². The first-order chi connectivity index (χ1) is 21.5. The molecule has 1 aromatic heterocycles. The minimum Gasteiger partial charge on any atom is -0.508 e. The van der Waals surface area contributed by atoms with Crippen LogP contribution in [0.2, 0.25) is 5.02 Å². The highest BCUT2D eigenvalue weighted by molar-refractivity contribution is 9.09. The number of hydrogen-bond donors (Lipinski definition) is 1. The number of imide groups is 2. The zero-order valence-corrected chi connectivity index (χ0v) is 27.7. The Kier molecular flexibility index (Phi) is 7.85. The van der Waals surface area contributed by atoms with Crippen LogP contribution in [0.1, 0.15) is 30.0 Å². The van der Waals surface area contributed by atoms with E-state index in [-0.39, 0.29) is 34.6 Å². The third-order valence-corrected chi connectivity index (χ3v) is 11.5. The molecule has 6 rings (SSSR count). The van der Waals surface area contributed by atoms with Crippen molar-refractivity contribution in [3.63, 3.8) is 0 Å². The van der Waals surface area contributed by atoms with Crippen molar-refractivity contribution in [2.45, 2.75) is 34.7 Å². The molecule has 3 fully saturated rings. The maximum absolute atomic E-state index is 14.2. The zero-order valence-electron chi connectivity index (χ0n) is 23.8. The van der Waals surface area contributed by atoms with Crippen LogP contribution in [-0.2, 0) is 25.4 Å². The monoisotopic (exact) mass is 764 g/mol. The van der Waals surface area contributed by atoms with E-state index in [4.69, 9.17) is 39.5 Å². The van der Waals surface area contributed by atoms with Gasteiger partial charge in [0.2, 0.25) is 0 Å². The van der Waals surface area contributed by atoms with Gasteiger partial charge in [-0.1, -0.05) is 39.2 Å². The molecule has 17 heteroatoms. The minimum atomic E-state index is -4.83. The van der Waals surface area contributed by atoms with Crippen molar-refractivity contribution in [2.24, 2.45) is 17.8 Å². The summed E-state index contributed by atoms with van der Waals surface area (Å²) < 4.78 is 45.8. The van der Waals surface area contributed by atoms with Crippen LogP contribution in [0.3, 0.4) is 0 Å². The number of amides is 4. The molecule has 1 N–H and O–H groups in total. The number of hydrogen-bond acceptors (Lipinski definition) is 8. The van der Waals surface area contributed by atoms with Crippen molar-refractivity contribution < 1.29 is 42.2 Å². The van der Waals surface area contributed by atoms with E-state index < -0.39 is 74.7 Å². The largest absolute Gasteiger partial charge is 0.508 e. The van der Waals surface area contributed by atoms with Gasteiger partial charge in [0.15, 0.2) is 15.6 Å². The predicted octanol–water partition coefficient (Wildman–Crippen LogP) is 5.23. The number of anilines is 1. The average molecular weight is 767 g/mol. The Bertz CT molecular complexity index is 1750. The molecule has 0 radical (unpaired) electrons. The third kappa shape index (κ3) is 4.39. The Balaban J connectivity index is 1.48. The maximum atomic E-state index is 14.2. The van der Waals surface area contributed by atoms with E-state index in [2.05, 4.69) is 20.9 Å². The number of benzene rings is 1. The Morgan fingerprint density at radius 2 is 1.80 bits per heavy atom. The number of methoxy groups -OCH3 is 1. The van der Waals surface area contributed by atoms with Crippen molar-refractivity contribution in [3.8, 4) is 11.5 Å². The van der Waals surface area contributed by atoms with Crippen LogP contribution in [-0.4, -0.2) is 73.0 Å². The molecule has 4 aliphatic rings. The lowest BCUT2D eigenvalue weighted by Crippen LogP contribution is -2.60. The number of rotatable bonds is 5. The van der Waals surface area contributed by atoms with Crippen LogP contribution in [0.5, 0.6) is 11.5 Å². The van der Waals surface area contributed by atoms with Gasteiger partial charge in [-0.25, -0.2) is 4.98 Å². The standard InChI is InChI=1S/C29H23BrCl3F3N4O6/c1-38(22-17(31)6-8-19(37-22)29(34,35)36)40-23(42)14-5-4-13-16(20(14)24(40)43)10-27(32)25(44)39(11-30)26(45)28(27,33)21(13)15-9-12(46-2)3-7-18(15)41/h3-4,6-9,14,16,20-21,41H,5,10-11H2,1-2H3/t14-,16+,20-,21+,27+,28-/m0/s1. The Hall–Kier alpha value is -3.07. The number of hydrazine groups is 1. The Labute approximate surface area is 283 Å². The Morgan fingerprint density at radius 3 is 2.43 bits per heavy atom. The van der Waals surface area contributed by atoms with Gasteiger partial charge < -0.3 is 9.84 Å². The number of likely N-dealkylation sites (tertiary alicyclic amines) is 1. The lowest BCUT2D eigenvalue weighted by atomic mass is 9.56. The van der Waals surface area contributed by atoms with E-state index in [0.29, 0.717) is 22.4 Å². The molecule has 0 spiro atoms.